The van der Waals surface area contributed by atoms with E-state index in [1.165, 1.54) is 30.5 Å². The molecular formula is C16H24ClN3. The van der Waals surface area contributed by atoms with Gasteiger partial charge in [-0.05, 0) is 57.0 Å². The molecule has 0 spiro atoms. The van der Waals surface area contributed by atoms with E-state index in [9.17, 15) is 0 Å². The van der Waals surface area contributed by atoms with E-state index < -0.39 is 0 Å². The van der Waals surface area contributed by atoms with E-state index in [4.69, 9.17) is 17.3 Å². The van der Waals surface area contributed by atoms with E-state index in [1.807, 2.05) is 6.07 Å². The number of hydrogen-bond acceptors (Lipinski definition) is 3. The molecule has 2 unspecified atom stereocenters. The van der Waals surface area contributed by atoms with Gasteiger partial charge in [-0.15, -0.1) is 0 Å². The average Bonchev–Trinajstić information content (AvgIpc) is 2.66. The lowest BCUT2D eigenvalue weighted by Crippen LogP contribution is -2.37. The highest BCUT2D eigenvalue weighted by Gasteiger charge is 2.35. The summed E-state index contributed by atoms with van der Waals surface area (Å²) < 4.78 is 0. The Morgan fingerprint density at radius 3 is 2.85 bits per heavy atom. The molecule has 2 atom stereocenters. The van der Waals surface area contributed by atoms with E-state index in [1.54, 1.807) is 0 Å². The smallest absolute Gasteiger partial charge is 0.0426 e. The lowest BCUT2D eigenvalue weighted by atomic mass is 10.0. The third-order valence-electron chi connectivity index (χ3n) is 4.95. The fraction of sp³-hybridized carbons (Fsp3) is 0.625. The van der Waals surface area contributed by atoms with Gasteiger partial charge in [0.25, 0.3) is 0 Å². The van der Waals surface area contributed by atoms with Gasteiger partial charge in [-0.1, -0.05) is 17.7 Å². The van der Waals surface area contributed by atoms with Gasteiger partial charge in [0.15, 0.2) is 0 Å². The van der Waals surface area contributed by atoms with Crippen LogP contribution in [0.1, 0.15) is 24.8 Å². The Morgan fingerprint density at radius 2 is 2.05 bits per heavy atom. The SMILES string of the molecule is CN1C2CCC1CN(c1cc(Cl)ccc1CCN)CC2. The monoisotopic (exact) mass is 293 g/mol. The summed E-state index contributed by atoms with van der Waals surface area (Å²) in [6, 6.07) is 7.68. The predicted molar refractivity (Wildman–Crippen MR) is 85.6 cm³/mol. The average molecular weight is 294 g/mol. The van der Waals surface area contributed by atoms with Crippen LogP contribution in [-0.4, -0.2) is 43.7 Å². The molecule has 2 saturated heterocycles. The van der Waals surface area contributed by atoms with Crippen LogP contribution in [0.15, 0.2) is 18.2 Å². The van der Waals surface area contributed by atoms with Gasteiger partial charge in [-0.3, -0.25) is 4.90 Å². The molecule has 2 fully saturated rings. The van der Waals surface area contributed by atoms with Crippen LogP contribution < -0.4 is 10.6 Å². The van der Waals surface area contributed by atoms with Crippen LogP contribution in [0.25, 0.3) is 0 Å². The number of nitrogens with zero attached hydrogens (tertiary/aromatic N) is 2. The van der Waals surface area contributed by atoms with Crippen molar-refractivity contribution in [3.8, 4) is 0 Å². The Bertz CT molecular complexity index is 477. The second-order valence-electron chi connectivity index (χ2n) is 6.10. The van der Waals surface area contributed by atoms with Gasteiger partial charge < -0.3 is 10.6 Å². The first-order valence-corrected chi connectivity index (χ1v) is 8.02. The van der Waals surface area contributed by atoms with Crippen LogP contribution in [-0.2, 0) is 6.42 Å². The normalized spacial score (nSPS) is 26.9. The Kier molecular flexibility index (Phi) is 4.20. The van der Waals surface area contributed by atoms with Crippen LogP contribution in [0.2, 0.25) is 5.02 Å². The first-order chi connectivity index (χ1) is 9.69. The van der Waals surface area contributed by atoms with Crippen LogP contribution in [0.4, 0.5) is 5.69 Å². The van der Waals surface area contributed by atoms with Crippen LogP contribution in [0.3, 0.4) is 0 Å². The second-order valence-corrected chi connectivity index (χ2v) is 6.53. The molecule has 2 aliphatic heterocycles. The fourth-order valence-corrected chi connectivity index (χ4v) is 3.89. The maximum absolute atomic E-state index is 6.22. The molecule has 3 nitrogen and oxygen atoms in total. The Labute approximate surface area is 126 Å². The summed E-state index contributed by atoms with van der Waals surface area (Å²) >= 11 is 6.22. The molecule has 0 aliphatic carbocycles. The Morgan fingerprint density at radius 1 is 1.25 bits per heavy atom. The van der Waals surface area contributed by atoms with Crippen molar-refractivity contribution in [3.05, 3.63) is 28.8 Å². The van der Waals surface area contributed by atoms with E-state index in [0.29, 0.717) is 12.6 Å². The third kappa shape index (κ3) is 2.67. The van der Waals surface area contributed by atoms with E-state index in [-0.39, 0.29) is 0 Å². The minimum Gasteiger partial charge on any atom is -0.370 e. The van der Waals surface area contributed by atoms with E-state index in [0.717, 1.165) is 30.6 Å². The molecule has 0 saturated carbocycles. The summed E-state index contributed by atoms with van der Waals surface area (Å²) in [4.78, 5) is 5.10. The molecule has 2 aliphatic rings. The summed E-state index contributed by atoms with van der Waals surface area (Å²) in [5.74, 6) is 0. The number of halogens is 1. The van der Waals surface area contributed by atoms with Gasteiger partial charge in [0.2, 0.25) is 0 Å². The third-order valence-corrected chi connectivity index (χ3v) is 5.19. The summed E-state index contributed by atoms with van der Waals surface area (Å²) in [6.45, 7) is 2.93. The Balaban J connectivity index is 1.87. The van der Waals surface area contributed by atoms with Crippen molar-refractivity contribution in [2.75, 3.05) is 31.6 Å². The molecule has 1 aromatic carbocycles. The number of rotatable bonds is 3. The van der Waals surface area contributed by atoms with Crippen LogP contribution in [0, 0.1) is 0 Å². The number of anilines is 1. The maximum atomic E-state index is 6.22. The summed E-state index contributed by atoms with van der Waals surface area (Å²) in [7, 11) is 2.28. The molecule has 0 aromatic heterocycles. The summed E-state index contributed by atoms with van der Waals surface area (Å²) in [6.07, 6.45) is 4.86. The summed E-state index contributed by atoms with van der Waals surface area (Å²) in [5, 5.41) is 0.823. The minimum absolute atomic E-state index is 0.687. The molecule has 0 radical (unpaired) electrons. The van der Waals surface area contributed by atoms with Gasteiger partial charge in [-0.25, -0.2) is 0 Å². The summed E-state index contributed by atoms with van der Waals surface area (Å²) in [5.41, 5.74) is 8.38. The second kappa shape index (κ2) is 5.92. The van der Waals surface area contributed by atoms with Gasteiger partial charge in [0.05, 0.1) is 0 Å². The van der Waals surface area contributed by atoms with Crippen molar-refractivity contribution in [3.63, 3.8) is 0 Å². The van der Waals surface area contributed by atoms with Crippen molar-refractivity contribution >= 4 is 17.3 Å². The molecule has 110 valence electrons. The maximum Gasteiger partial charge on any atom is 0.0426 e. The molecule has 1 aromatic rings. The number of nitrogens with two attached hydrogens (primary N) is 1. The molecule has 2 N–H and O–H groups in total. The zero-order valence-electron chi connectivity index (χ0n) is 12.2. The minimum atomic E-state index is 0.687. The highest BCUT2D eigenvalue weighted by Crippen LogP contribution is 2.33. The molecule has 4 heteroatoms. The predicted octanol–water partition coefficient (Wildman–Crippen LogP) is 2.51. The molecule has 0 amide bonds. The first kappa shape index (κ1) is 14.2. The molecule has 3 rings (SSSR count). The lowest BCUT2D eigenvalue weighted by molar-refractivity contribution is 0.254. The van der Waals surface area contributed by atoms with Crippen molar-refractivity contribution in [1.82, 2.24) is 4.90 Å². The molecule has 20 heavy (non-hydrogen) atoms. The molecular weight excluding hydrogens is 270 g/mol. The van der Waals surface area contributed by atoms with Gasteiger partial charge in [0, 0.05) is 35.9 Å². The van der Waals surface area contributed by atoms with Crippen LogP contribution >= 0.6 is 11.6 Å². The van der Waals surface area contributed by atoms with Crippen molar-refractivity contribution in [2.24, 2.45) is 5.73 Å². The number of fused-ring (bicyclic) bond motifs is 2. The highest BCUT2D eigenvalue weighted by molar-refractivity contribution is 6.30. The number of likely N-dealkylation sites (N-methyl/N-ethyl adjacent to an activating group) is 1. The molecule has 2 bridgehead atoms. The number of benzene rings is 1. The van der Waals surface area contributed by atoms with Crippen molar-refractivity contribution in [2.45, 2.75) is 37.8 Å². The van der Waals surface area contributed by atoms with Gasteiger partial charge in [-0.2, -0.15) is 0 Å². The zero-order chi connectivity index (χ0) is 14.1. The van der Waals surface area contributed by atoms with E-state index in [2.05, 4.69) is 29.0 Å². The van der Waals surface area contributed by atoms with Gasteiger partial charge >= 0.3 is 0 Å². The first-order valence-electron chi connectivity index (χ1n) is 7.64. The van der Waals surface area contributed by atoms with Crippen molar-refractivity contribution < 1.29 is 0 Å². The Hall–Kier alpha value is -0.770. The largest absolute Gasteiger partial charge is 0.370 e. The topological polar surface area (TPSA) is 32.5 Å². The standard InChI is InChI=1S/C16H24ClN3/c1-19-14-4-5-15(19)11-20(9-7-14)16-10-13(17)3-2-12(16)6-8-18/h2-3,10,14-15H,4-9,11,18H2,1H3. The van der Waals surface area contributed by atoms with E-state index >= 15 is 0 Å². The lowest BCUT2D eigenvalue weighted by Gasteiger charge is -2.29. The fourth-order valence-electron chi connectivity index (χ4n) is 3.73. The van der Waals surface area contributed by atoms with Crippen molar-refractivity contribution in [1.29, 1.82) is 0 Å². The van der Waals surface area contributed by atoms with Gasteiger partial charge in [0.1, 0.15) is 0 Å². The highest BCUT2D eigenvalue weighted by atomic mass is 35.5. The quantitative estimate of drug-likeness (QED) is 0.929. The van der Waals surface area contributed by atoms with Crippen LogP contribution in [0.5, 0.6) is 0 Å². The zero-order valence-corrected chi connectivity index (χ0v) is 12.9. The number of hydrogen-bond donors (Lipinski definition) is 1. The molecule has 2 heterocycles.